The predicted octanol–water partition coefficient (Wildman–Crippen LogP) is 2.44. The molecule has 0 heterocycles. The smallest absolute Gasteiger partial charge is 0.337 e. The third-order valence-electron chi connectivity index (χ3n) is 1.48. The van der Waals surface area contributed by atoms with E-state index in [9.17, 15) is 4.79 Å². The third-order valence-corrected chi connectivity index (χ3v) is 1.81. The zero-order valence-corrected chi connectivity index (χ0v) is 7.84. The first kappa shape index (κ1) is 9.86. The highest BCUT2D eigenvalue weighted by Crippen LogP contribution is 2.21. The van der Waals surface area contributed by atoms with Crippen LogP contribution in [0.1, 0.15) is 17.3 Å². The van der Waals surface area contributed by atoms with Crippen LogP contribution in [-0.4, -0.2) is 17.7 Å². The van der Waals surface area contributed by atoms with Crippen molar-refractivity contribution in [3.8, 4) is 5.75 Å². The maximum absolute atomic E-state index is 10.6. The Balaban J connectivity index is 3.04. The quantitative estimate of drug-likeness (QED) is 0.815. The Bertz CT molecular complexity index is 323. The zero-order valence-electron chi connectivity index (χ0n) is 7.08. The van der Waals surface area contributed by atoms with Crippen LogP contribution in [0.4, 0.5) is 0 Å². The Morgan fingerprint density at radius 3 is 2.85 bits per heavy atom. The van der Waals surface area contributed by atoms with Gasteiger partial charge in [0.1, 0.15) is 5.75 Å². The van der Waals surface area contributed by atoms with Crippen LogP contribution in [0.2, 0.25) is 5.02 Å². The minimum absolute atomic E-state index is 0.0626. The summed E-state index contributed by atoms with van der Waals surface area (Å²) in [5.41, 5.74) is 0.0626. The lowest BCUT2D eigenvalue weighted by Gasteiger charge is -2.04. The summed E-state index contributed by atoms with van der Waals surface area (Å²) in [6.07, 6.45) is 0. The second-order valence-corrected chi connectivity index (χ2v) is 2.79. The van der Waals surface area contributed by atoms with Crippen LogP contribution in [0.3, 0.4) is 0 Å². The minimum Gasteiger partial charge on any atom is -0.494 e. The van der Waals surface area contributed by atoms with Gasteiger partial charge in [0, 0.05) is 0 Å². The number of halogens is 1. The van der Waals surface area contributed by atoms with Crippen LogP contribution >= 0.6 is 11.6 Å². The normalized spacial score (nSPS) is 9.69. The van der Waals surface area contributed by atoms with E-state index < -0.39 is 5.97 Å². The molecule has 0 bridgehead atoms. The average molecular weight is 201 g/mol. The number of carboxylic acid groups (broad SMARTS) is 1. The van der Waals surface area contributed by atoms with Crippen molar-refractivity contribution < 1.29 is 14.6 Å². The van der Waals surface area contributed by atoms with Crippen LogP contribution < -0.4 is 4.74 Å². The molecule has 0 aromatic heterocycles. The highest BCUT2D eigenvalue weighted by atomic mass is 35.5. The van der Waals surface area contributed by atoms with E-state index in [1.54, 1.807) is 6.07 Å². The molecule has 1 N–H and O–H groups in total. The van der Waals surface area contributed by atoms with Crippen molar-refractivity contribution in [2.45, 2.75) is 6.92 Å². The van der Waals surface area contributed by atoms with Gasteiger partial charge < -0.3 is 9.84 Å². The van der Waals surface area contributed by atoms with Crippen LogP contribution in [0.15, 0.2) is 18.2 Å². The van der Waals surface area contributed by atoms with Gasteiger partial charge in [-0.25, -0.2) is 4.79 Å². The number of hydrogen-bond acceptors (Lipinski definition) is 2. The van der Waals surface area contributed by atoms with Gasteiger partial charge in [-0.15, -0.1) is 0 Å². The molecule has 0 radical (unpaired) electrons. The number of benzene rings is 1. The summed E-state index contributed by atoms with van der Waals surface area (Å²) in [5, 5.41) is 8.94. The topological polar surface area (TPSA) is 46.5 Å². The molecular weight excluding hydrogens is 192 g/mol. The molecule has 0 aliphatic carbocycles. The van der Waals surface area contributed by atoms with Crippen molar-refractivity contribution in [3.63, 3.8) is 0 Å². The molecule has 0 unspecified atom stereocenters. The Morgan fingerprint density at radius 1 is 1.62 bits per heavy atom. The number of aromatic carboxylic acids is 1. The fourth-order valence-electron chi connectivity index (χ4n) is 0.925. The highest BCUT2D eigenvalue weighted by molar-refractivity contribution is 6.33. The summed E-state index contributed by atoms with van der Waals surface area (Å²) >= 11 is 5.65. The number of ether oxygens (including phenoxy) is 1. The van der Waals surface area contributed by atoms with Crippen molar-refractivity contribution in [2.75, 3.05) is 6.61 Å². The van der Waals surface area contributed by atoms with E-state index in [0.29, 0.717) is 12.4 Å². The SMILES string of the molecule is CCOc1ccc(Cl)c(C(=O)O)c1. The summed E-state index contributed by atoms with van der Waals surface area (Å²) in [6.45, 7) is 2.33. The van der Waals surface area contributed by atoms with Gasteiger partial charge in [-0.2, -0.15) is 0 Å². The molecule has 0 aliphatic heterocycles. The van der Waals surface area contributed by atoms with Crippen molar-refractivity contribution in [1.82, 2.24) is 0 Å². The molecule has 0 amide bonds. The highest BCUT2D eigenvalue weighted by Gasteiger charge is 2.09. The fourth-order valence-corrected chi connectivity index (χ4v) is 1.12. The van der Waals surface area contributed by atoms with E-state index in [2.05, 4.69) is 0 Å². The standard InChI is InChI=1S/C9H9ClO3/c1-2-13-6-3-4-8(10)7(5-6)9(11)12/h3-5H,2H2,1H3,(H,11,12). The lowest BCUT2D eigenvalue weighted by atomic mass is 10.2. The molecule has 0 saturated heterocycles. The van der Waals surface area contributed by atoms with Gasteiger partial charge >= 0.3 is 5.97 Å². The molecule has 1 rings (SSSR count). The Kier molecular flexibility index (Phi) is 3.14. The Morgan fingerprint density at radius 2 is 2.31 bits per heavy atom. The third kappa shape index (κ3) is 2.36. The average Bonchev–Trinajstić information content (AvgIpc) is 2.08. The fraction of sp³-hybridized carbons (Fsp3) is 0.222. The number of carboxylic acids is 1. The summed E-state index contributed by atoms with van der Waals surface area (Å²) in [5.74, 6) is -0.532. The molecule has 1 aromatic rings. The first-order chi connectivity index (χ1) is 6.15. The second kappa shape index (κ2) is 4.14. The predicted molar refractivity (Wildman–Crippen MR) is 49.6 cm³/mol. The molecule has 1 aromatic carbocycles. The van der Waals surface area contributed by atoms with Crippen LogP contribution in [0.25, 0.3) is 0 Å². The largest absolute Gasteiger partial charge is 0.494 e. The molecule has 0 fully saturated rings. The van der Waals surface area contributed by atoms with E-state index in [1.165, 1.54) is 12.1 Å². The van der Waals surface area contributed by atoms with Gasteiger partial charge in [0.25, 0.3) is 0 Å². The van der Waals surface area contributed by atoms with Gasteiger partial charge in [0.15, 0.2) is 0 Å². The number of hydrogen-bond donors (Lipinski definition) is 1. The second-order valence-electron chi connectivity index (χ2n) is 2.38. The van der Waals surface area contributed by atoms with Gasteiger partial charge in [-0.1, -0.05) is 11.6 Å². The molecule has 0 spiro atoms. The number of rotatable bonds is 3. The maximum atomic E-state index is 10.6. The van der Waals surface area contributed by atoms with Gasteiger partial charge in [0.05, 0.1) is 17.2 Å². The summed E-state index contributed by atoms with van der Waals surface area (Å²) in [6, 6.07) is 4.56. The first-order valence-corrected chi connectivity index (χ1v) is 4.18. The summed E-state index contributed by atoms with van der Waals surface area (Å²) in [4.78, 5) is 10.6. The Hall–Kier alpha value is -1.22. The zero-order chi connectivity index (χ0) is 9.84. The van der Waals surface area contributed by atoms with Crippen molar-refractivity contribution in [2.24, 2.45) is 0 Å². The maximum Gasteiger partial charge on any atom is 0.337 e. The molecule has 4 heteroatoms. The summed E-state index contributed by atoms with van der Waals surface area (Å²) < 4.78 is 5.13. The number of carbonyl (C=O) groups is 1. The van der Waals surface area contributed by atoms with E-state index in [1.807, 2.05) is 6.92 Å². The van der Waals surface area contributed by atoms with Crippen LogP contribution in [0, 0.1) is 0 Å². The molecule has 3 nitrogen and oxygen atoms in total. The molecule has 0 aliphatic rings. The van der Waals surface area contributed by atoms with Gasteiger partial charge in [0.2, 0.25) is 0 Å². The van der Waals surface area contributed by atoms with E-state index in [-0.39, 0.29) is 10.6 Å². The molecule has 13 heavy (non-hydrogen) atoms. The molecule has 70 valence electrons. The van der Waals surface area contributed by atoms with Crippen LogP contribution in [-0.2, 0) is 0 Å². The van der Waals surface area contributed by atoms with Gasteiger partial charge in [-0.05, 0) is 25.1 Å². The minimum atomic E-state index is -1.05. The van der Waals surface area contributed by atoms with E-state index in [0.717, 1.165) is 0 Å². The Labute approximate surface area is 80.9 Å². The van der Waals surface area contributed by atoms with E-state index in [4.69, 9.17) is 21.4 Å². The van der Waals surface area contributed by atoms with Gasteiger partial charge in [-0.3, -0.25) is 0 Å². The van der Waals surface area contributed by atoms with Crippen molar-refractivity contribution >= 4 is 17.6 Å². The lowest BCUT2D eigenvalue weighted by molar-refractivity contribution is 0.0696. The monoisotopic (exact) mass is 200 g/mol. The molecular formula is C9H9ClO3. The molecule has 0 atom stereocenters. The van der Waals surface area contributed by atoms with E-state index >= 15 is 0 Å². The molecule has 0 saturated carbocycles. The van der Waals surface area contributed by atoms with Crippen molar-refractivity contribution in [3.05, 3.63) is 28.8 Å². The summed E-state index contributed by atoms with van der Waals surface area (Å²) in [7, 11) is 0. The lowest BCUT2D eigenvalue weighted by Crippen LogP contribution is -1.99. The van der Waals surface area contributed by atoms with Crippen molar-refractivity contribution in [1.29, 1.82) is 0 Å². The van der Waals surface area contributed by atoms with Crippen LogP contribution in [0.5, 0.6) is 5.75 Å². The first-order valence-electron chi connectivity index (χ1n) is 3.80.